The maximum atomic E-state index is 11.9. The summed E-state index contributed by atoms with van der Waals surface area (Å²) in [5.41, 5.74) is 1.68. The van der Waals surface area contributed by atoms with Crippen LogP contribution in [0.25, 0.3) is 0 Å². The van der Waals surface area contributed by atoms with Gasteiger partial charge in [-0.25, -0.2) is 0 Å². The Balaban J connectivity index is 1.93. The van der Waals surface area contributed by atoms with E-state index in [0.717, 1.165) is 12.0 Å². The lowest BCUT2D eigenvalue weighted by atomic mass is 10.1. The maximum absolute atomic E-state index is 11.9. The molecule has 0 aromatic carbocycles. The van der Waals surface area contributed by atoms with E-state index >= 15 is 0 Å². The Hall–Kier alpha value is -1.36. The molecule has 0 unspecified atom stereocenters. The SMILES string of the molecule is Cc1cscc1C(=O)N[C@H]1CC[C@@H](C(=O)O)C1. The normalized spacial score (nSPS) is 23.6. The first-order chi connectivity index (χ1) is 8.08. The third-order valence-electron chi connectivity index (χ3n) is 3.22. The molecule has 2 atom stereocenters. The summed E-state index contributed by atoms with van der Waals surface area (Å²) in [6.07, 6.45) is 1.96. The summed E-state index contributed by atoms with van der Waals surface area (Å²) < 4.78 is 0. The number of nitrogens with one attached hydrogen (secondary N) is 1. The summed E-state index contributed by atoms with van der Waals surface area (Å²) in [6, 6.07) is 0.00269. The number of rotatable bonds is 3. The van der Waals surface area contributed by atoms with E-state index < -0.39 is 5.97 Å². The molecule has 1 fully saturated rings. The number of aliphatic carboxylic acids is 1. The molecule has 0 bridgehead atoms. The van der Waals surface area contributed by atoms with Crippen LogP contribution in [-0.4, -0.2) is 23.0 Å². The second-order valence-corrected chi connectivity index (χ2v) is 5.23. The predicted molar refractivity (Wildman–Crippen MR) is 65.3 cm³/mol. The van der Waals surface area contributed by atoms with Crippen LogP contribution < -0.4 is 5.32 Å². The summed E-state index contributed by atoms with van der Waals surface area (Å²) >= 11 is 1.50. The van der Waals surface area contributed by atoms with Crippen molar-refractivity contribution in [3.63, 3.8) is 0 Å². The van der Waals surface area contributed by atoms with Crippen molar-refractivity contribution in [2.45, 2.75) is 32.2 Å². The summed E-state index contributed by atoms with van der Waals surface area (Å²) in [6.45, 7) is 1.90. The monoisotopic (exact) mass is 253 g/mol. The molecule has 1 amide bonds. The molecule has 0 spiro atoms. The van der Waals surface area contributed by atoms with Gasteiger partial charge in [-0.1, -0.05) is 0 Å². The molecule has 0 radical (unpaired) electrons. The molecule has 17 heavy (non-hydrogen) atoms. The van der Waals surface area contributed by atoms with Crippen molar-refractivity contribution in [2.24, 2.45) is 5.92 Å². The molecule has 92 valence electrons. The number of hydrogen-bond donors (Lipinski definition) is 2. The van der Waals surface area contributed by atoms with Crippen LogP contribution in [0.4, 0.5) is 0 Å². The topological polar surface area (TPSA) is 66.4 Å². The van der Waals surface area contributed by atoms with Crippen LogP contribution in [-0.2, 0) is 4.79 Å². The summed E-state index contributed by atoms with van der Waals surface area (Å²) in [7, 11) is 0. The van der Waals surface area contributed by atoms with Crippen molar-refractivity contribution < 1.29 is 14.7 Å². The lowest BCUT2D eigenvalue weighted by molar-refractivity contribution is -0.141. The van der Waals surface area contributed by atoms with Crippen LogP contribution in [0, 0.1) is 12.8 Å². The van der Waals surface area contributed by atoms with E-state index in [1.807, 2.05) is 17.7 Å². The molecule has 1 aromatic heterocycles. The average molecular weight is 253 g/mol. The minimum atomic E-state index is -0.756. The lowest BCUT2D eigenvalue weighted by Crippen LogP contribution is -2.33. The minimum absolute atomic E-state index is 0.00269. The summed E-state index contributed by atoms with van der Waals surface area (Å²) in [5.74, 6) is -1.14. The molecular weight excluding hydrogens is 238 g/mol. The van der Waals surface area contributed by atoms with Gasteiger partial charge in [-0.05, 0) is 37.1 Å². The molecular formula is C12H15NO3S. The third kappa shape index (κ3) is 2.66. The van der Waals surface area contributed by atoms with Gasteiger partial charge in [0.05, 0.1) is 11.5 Å². The fraction of sp³-hybridized carbons (Fsp3) is 0.500. The third-order valence-corrected chi connectivity index (χ3v) is 4.08. The van der Waals surface area contributed by atoms with Crippen LogP contribution in [0.5, 0.6) is 0 Å². The van der Waals surface area contributed by atoms with Gasteiger partial charge in [0.1, 0.15) is 0 Å². The van der Waals surface area contributed by atoms with Crippen molar-refractivity contribution in [1.29, 1.82) is 0 Å². The summed E-state index contributed by atoms with van der Waals surface area (Å²) in [5, 5.41) is 15.6. The fourth-order valence-electron chi connectivity index (χ4n) is 2.19. The van der Waals surface area contributed by atoms with Crippen LogP contribution in [0.3, 0.4) is 0 Å². The largest absolute Gasteiger partial charge is 0.481 e. The van der Waals surface area contributed by atoms with Crippen LogP contribution in [0.15, 0.2) is 10.8 Å². The molecule has 2 N–H and O–H groups in total. The van der Waals surface area contributed by atoms with Crippen LogP contribution >= 0.6 is 11.3 Å². The smallest absolute Gasteiger partial charge is 0.306 e. The Morgan fingerprint density at radius 2 is 2.18 bits per heavy atom. The first-order valence-electron chi connectivity index (χ1n) is 5.64. The Morgan fingerprint density at radius 3 is 2.71 bits per heavy atom. The van der Waals surface area contributed by atoms with Crippen molar-refractivity contribution in [3.05, 3.63) is 21.9 Å². The average Bonchev–Trinajstić information content (AvgIpc) is 2.86. The highest BCUT2D eigenvalue weighted by atomic mass is 32.1. The standard InChI is InChI=1S/C12H15NO3S/c1-7-5-17-6-10(7)11(14)13-9-3-2-8(4-9)12(15)16/h5-6,8-9H,2-4H2,1H3,(H,13,14)(H,15,16)/t8-,9+/m1/s1. The molecule has 1 aliphatic carbocycles. The molecule has 0 aliphatic heterocycles. The van der Waals surface area contributed by atoms with Crippen molar-refractivity contribution in [2.75, 3.05) is 0 Å². The number of carbonyl (C=O) groups excluding carboxylic acids is 1. The van der Waals surface area contributed by atoms with Gasteiger partial charge < -0.3 is 10.4 Å². The number of aryl methyl sites for hydroxylation is 1. The van der Waals surface area contributed by atoms with E-state index in [4.69, 9.17) is 5.11 Å². The van der Waals surface area contributed by atoms with E-state index in [2.05, 4.69) is 5.32 Å². The van der Waals surface area contributed by atoms with Crippen molar-refractivity contribution in [1.82, 2.24) is 5.32 Å². The first-order valence-corrected chi connectivity index (χ1v) is 6.58. The molecule has 1 aliphatic rings. The van der Waals surface area contributed by atoms with Gasteiger partial charge >= 0.3 is 5.97 Å². The minimum Gasteiger partial charge on any atom is -0.481 e. The van der Waals surface area contributed by atoms with Crippen molar-refractivity contribution >= 4 is 23.2 Å². The van der Waals surface area contributed by atoms with E-state index in [0.29, 0.717) is 18.4 Å². The van der Waals surface area contributed by atoms with E-state index in [9.17, 15) is 9.59 Å². The number of thiophene rings is 1. The quantitative estimate of drug-likeness (QED) is 0.866. The summed E-state index contributed by atoms with van der Waals surface area (Å²) in [4.78, 5) is 22.7. The molecule has 4 nitrogen and oxygen atoms in total. The van der Waals surface area contributed by atoms with E-state index in [1.54, 1.807) is 0 Å². The van der Waals surface area contributed by atoms with Gasteiger partial charge in [0.15, 0.2) is 0 Å². The van der Waals surface area contributed by atoms with E-state index in [1.165, 1.54) is 11.3 Å². The number of carboxylic acid groups (broad SMARTS) is 1. The number of carbonyl (C=O) groups is 2. The second kappa shape index (κ2) is 4.87. The van der Waals surface area contributed by atoms with Gasteiger partial charge in [0.25, 0.3) is 5.91 Å². The van der Waals surface area contributed by atoms with Gasteiger partial charge in [-0.15, -0.1) is 0 Å². The highest BCUT2D eigenvalue weighted by molar-refractivity contribution is 7.08. The van der Waals surface area contributed by atoms with Crippen molar-refractivity contribution in [3.8, 4) is 0 Å². The molecule has 1 saturated carbocycles. The van der Waals surface area contributed by atoms with Gasteiger partial charge in [-0.2, -0.15) is 11.3 Å². The van der Waals surface area contributed by atoms with Crippen LogP contribution in [0.2, 0.25) is 0 Å². The molecule has 1 aromatic rings. The Morgan fingerprint density at radius 1 is 1.41 bits per heavy atom. The fourth-order valence-corrected chi connectivity index (χ4v) is 3.02. The number of hydrogen-bond acceptors (Lipinski definition) is 3. The maximum Gasteiger partial charge on any atom is 0.306 e. The van der Waals surface area contributed by atoms with Gasteiger partial charge in [0.2, 0.25) is 0 Å². The first kappa shape index (κ1) is 12.1. The Bertz CT molecular complexity index is 441. The number of carboxylic acids is 1. The van der Waals surface area contributed by atoms with Gasteiger partial charge in [-0.3, -0.25) is 9.59 Å². The zero-order valence-corrected chi connectivity index (χ0v) is 10.4. The molecule has 1 heterocycles. The number of amides is 1. The zero-order chi connectivity index (χ0) is 12.4. The Labute approximate surface area is 104 Å². The molecule has 5 heteroatoms. The highest BCUT2D eigenvalue weighted by Gasteiger charge is 2.30. The van der Waals surface area contributed by atoms with Gasteiger partial charge in [0, 0.05) is 11.4 Å². The molecule has 0 saturated heterocycles. The van der Waals surface area contributed by atoms with Crippen LogP contribution in [0.1, 0.15) is 35.2 Å². The highest BCUT2D eigenvalue weighted by Crippen LogP contribution is 2.26. The lowest BCUT2D eigenvalue weighted by Gasteiger charge is -2.12. The second-order valence-electron chi connectivity index (χ2n) is 4.49. The zero-order valence-electron chi connectivity index (χ0n) is 9.60. The Kier molecular flexibility index (Phi) is 3.47. The van der Waals surface area contributed by atoms with E-state index in [-0.39, 0.29) is 17.9 Å². The predicted octanol–water partition coefficient (Wildman–Crippen LogP) is 2.04. The molecule has 2 rings (SSSR count).